The molecule has 0 N–H and O–H groups in total. The number of nitriles is 1. The van der Waals surface area contributed by atoms with Crippen LogP contribution in [-0.2, 0) is 9.59 Å². The second kappa shape index (κ2) is 8.82. The van der Waals surface area contributed by atoms with E-state index in [0.29, 0.717) is 17.8 Å². The zero-order chi connectivity index (χ0) is 19.1. The van der Waals surface area contributed by atoms with E-state index in [4.69, 9.17) is 0 Å². The predicted molar refractivity (Wildman–Crippen MR) is 103 cm³/mol. The first-order valence-corrected chi connectivity index (χ1v) is 8.62. The Labute approximate surface area is 154 Å². The fourth-order valence-electron chi connectivity index (χ4n) is 2.89. The van der Waals surface area contributed by atoms with Crippen molar-refractivity contribution in [3.63, 3.8) is 0 Å². The Morgan fingerprint density at radius 1 is 1.08 bits per heavy atom. The van der Waals surface area contributed by atoms with Crippen LogP contribution in [-0.4, -0.2) is 24.9 Å². The van der Waals surface area contributed by atoms with Gasteiger partial charge in [-0.05, 0) is 43.7 Å². The van der Waals surface area contributed by atoms with Crippen LogP contribution in [0, 0.1) is 18.3 Å². The van der Waals surface area contributed by atoms with Gasteiger partial charge in [-0.1, -0.05) is 24.3 Å². The van der Waals surface area contributed by atoms with Crippen LogP contribution in [0.2, 0.25) is 0 Å². The number of para-hydroxylation sites is 1. The van der Waals surface area contributed by atoms with E-state index in [2.05, 4.69) is 6.07 Å². The second-order valence-electron chi connectivity index (χ2n) is 6.03. The molecule has 26 heavy (non-hydrogen) atoms. The van der Waals surface area contributed by atoms with Crippen LogP contribution in [0.25, 0.3) is 0 Å². The number of anilines is 2. The smallest absolute Gasteiger partial charge is 0.228 e. The van der Waals surface area contributed by atoms with Crippen LogP contribution in [0.5, 0.6) is 0 Å². The zero-order valence-corrected chi connectivity index (χ0v) is 15.4. The molecule has 0 atom stereocenters. The van der Waals surface area contributed by atoms with Gasteiger partial charge in [-0.2, -0.15) is 5.26 Å². The van der Waals surface area contributed by atoms with E-state index in [9.17, 15) is 14.9 Å². The Morgan fingerprint density at radius 3 is 2.42 bits per heavy atom. The van der Waals surface area contributed by atoms with Crippen LogP contribution < -0.4 is 9.80 Å². The highest BCUT2D eigenvalue weighted by Crippen LogP contribution is 2.21. The molecule has 0 aromatic heterocycles. The topological polar surface area (TPSA) is 64.4 Å². The van der Waals surface area contributed by atoms with Gasteiger partial charge in [0.05, 0.1) is 11.3 Å². The molecule has 0 saturated heterocycles. The summed E-state index contributed by atoms with van der Waals surface area (Å²) >= 11 is 0. The van der Waals surface area contributed by atoms with Gasteiger partial charge >= 0.3 is 0 Å². The van der Waals surface area contributed by atoms with E-state index < -0.39 is 0 Å². The third-order valence-electron chi connectivity index (χ3n) is 4.18. The first-order chi connectivity index (χ1) is 12.5. The number of hydrogen-bond donors (Lipinski definition) is 0. The van der Waals surface area contributed by atoms with Crippen LogP contribution in [0.15, 0.2) is 48.5 Å². The van der Waals surface area contributed by atoms with E-state index in [1.807, 2.05) is 38.1 Å². The number of carbonyl (C=O) groups excluding carboxylic acids is 2. The van der Waals surface area contributed by atoms with Gasteiger partial charge in [0, 0.05) is 32.1 Å². The van der Waals surface area contributed by atoms with Gasteiger partial charge < -0.3 is 9.80 Å². The van der Waals surface area contributed by atoms with Crippen LogP contribution >= 0.6 is 0 Å². The Bertz CT molecular complexity index is 839. The molecule has 0 unspecified atom stereocenters. The Kier molecular flexibility index (Phi) is 6.51. The molecular formula is C21H23N3O2. The summed E-state index contributed by atoms with van der Waals surface area (Å²) < 4.78 is 0. The summed E-state index contributed by atoms with van der Waals surface area (Å²) in [4.78, 5) is 28.0. The first-order valence-electron chi connectivity index (χ1n) is 8.62. The summed E-state index contributed by atoms with van der Waals surface area (Å²) in [7, 11) is 0. The molecular weight excluding hydrogens is 326 g/mol. The second-order valence-corrected chi connectivity index (χ2v) is 6.03. The Hall–Kier alpha value is -3.13. The highest BCUT2D eigenvalue weighted by Gasteiger charge is 2.19. The van der Waals surface area contributed by atoms with E-state index in [-0.39, 0.29) is 24.8 Å². The fourth-order valence-corrected chi connectivity index (χ4v) is 2.89. The van der Waals surface area contributed by atoms with Gasteiger partial charge in [0.1, 0.15) is 6.07 Å². The van der Waals surface area contributed by atoms with Crippen molar-refractivity contribution in [1.29, 1.82) is 5.26 Å². The number of hydrogen-bond acceptors (Lipinski definition) is 3. The molecule has 0 saturated carbocycles. The lowest BCUT2D eigenvalue weighted by atomic mass is 10.1. The third-order valence-corrected chi connectivity index (χ3v) is 4.18. The molecule has 0 fully saturated rings. The number of nitrogens with zero attached hydrogens (tertiary/aromatic N) is 3. The molecule has 0 aliphatic carbocycles. The number of amides is 2. The van der Waals surface area contributed by atoms with Gasteiger partial charge in [-0.3, -0.25) is 9.59 Å². The SMILES string of the molecule is CCN(C(=O)CCN(C(C)=O)c1ccccc1C#N)c1cccc(C)c1. The lowest BCUT2D eigenvalue weighted by molar-refractivity contribution is -0.118. The number of carbonyl (C=O) groups is 2. The zero-order valence-electron chi connectivity index (χ0n) is 15.4. The summed E-state index contributed by atoms with van der Waals surface area (Å²) in [6, 6.07) is 16.8. The molecule has 5 nitrogen and oxygen atoms in total. The average molecular weight is 349 g/mol. The summed E-state index contributed by atoms with van der Waals surface area (Å²) in [6.07, 6.45) is 0.182. The fraction of sp³-hybridized carbons (Fsp3) is 0.286. The lowest BCUT2D eigenvalue weighted by Crippen LogP contribution is -2.36. The molecule has 0 bridgehead atoms. The third kappa shape index (κ3) is 4.48. The van der Waals surface area contributed by atoms with E-state index >= 15 is 0 Å². The molecule has 0 spiro atoms. The summed E-state index contributed by atoms with van der Waals surface area (Å²) in [5.74, 6) is -0.252. The monoisotopic (exact) mass is 349 g/mol. The van der Waals surface area contributed by atoms with Crippen molar-refractivity contribution < 1.29 is 9.59 Å². The Morgan fingerprint density at radius 2 is 1.81 bits per heavy atom. The number of benzene rings is 2. The molecule has 0 heterocycles. The summed E-state index contributed by atoms with van der Waals surface area (Å²) in [5.41, 5.74) is 2.89. The van der Waals surface area contributed by atoms with E-state index in [0.717, 1.165) is 11.3 Å². The molecule has 5 heteroatoms. The van der Waals surface area contributed by atoms with Gasteiger partial charge in [0.15, 0.2) is 0 Å². The quantitative estimate of drug-likeness (QED) is 0.799. The predicted octanol–water partition coefficient (Wildman–Crippen LogP) is 3.66. The van der Waals surface area contributed by atoms with Crippen LogP contribution in [0.4, 0.5) is 11.4 Å². The molecule has 134 valence electrons. The minimum atomic E-state index is -0.195. The van der Waals surface area contributed by atoms with Crippen molar-refractivity contribution in [3.05, 3.63) is 59.7 Å². The minimum Gasteiger partial charge on any atom is -0.313 e. The molecule has 2 amide bonds. The Balaban J connectivity index is 2.17. The van der Waals surface area contributed by atoms with Gasteiger partial charge in [-0.15, -0.1) is 0 Å². The van der Waals surface area contributed by atoms with Crippen molar-refractivity contribution in [1.82, 2.24) is 0 Å². The molecule has 2 aromatic rings. The van der Waals surface area contributed by atoms with Gasteiger partial charge in [0.25, 0.3) is 0 Å². The standard InChI is InChI=1S/C21H23N3O2/c1-4-23(19-10-7-8-16(2)14-19)21(26)12-13-24(17(3)25)20-11-6-5-9-18(20)15-22/h5-11,14H,4,12-13H2,1-3H3. The van der Waals surface area contributed by atoms with Crippen molar-refractivity contribution in [2.24, 2.45) is 0 Å². The maximum atomic E-state index is 12.7. The lowest BCUT2D eigenvalue weighted by Gasteiger charge is -2.25. The van der Waals surface area contributed by atoms with E-state index in [1.54, 1.807) is 29.2 Å². The molecule has 0 aliphatic rings. The van der Waals surface area contributed by atoms with Crippen molar-refractivity contribution in [2.45, 2.75) is 27.2 Å². The molecule has 0 aliphatic heterocycles. The molecule has 2 aromatic carbocycles. The average Bonchev–Trinajstić information content (AvgIpc) is 2.62. The highest BCUT2D eigenvalue weighted by atomic mass is 16.2. The molecule has 2 rings (SSSR count). The van der Waals surface area contributed by atoms with Crippen LogP contribution in [0.1, 0.15) is 31.4 Å². The number of aryl methyl sites for hydroxylation is 1. The first kappa shape index (κ1) is 19.2. The maximum absolute atomic E-state index is 12.7. The minimum absolute atomic E-state index is 0.0567. The summed E-state index contributed by atoms with van der Waals surface area (Å²) in [5, 5.41) is 9.26. The summed E-state index contributed by atoms with van der Waals surface area (Å²) in [6.45, 7) is 6.13. The maximum Gasteiger partial charge on any atom is 0.228 e. The normalized spacial score (nSPS) is 10.1. The largest absolute Gasteiger partial charge is 0.313 e. The van der Waals surface area contributed by atoms with E-state index in [1.165, 1.54) is 11.8 Å². The van der Waals surface area contributed by atoms with Gasteiger partial charge in [0.2, 0.25) is 11.8 Å². The molecule has 0 radical (unpaired) electrons. The highest BCUT2D eigenvalue weighted by molar-refractivity contribution is 5.96. The van der Waals surface area contributed by atoms with Crippen molar-refractivity contribution in [2.75, 3.05) is 22.9 Å². The van der Waals surface area contributed by atoms with Crippen molar-refractivity contribution >= 4 is 23.2 Å². The van der Waals surface area contributed by atoms with Crippen molar-refractivity contribution in [3.8, 4) is 6.07 Å². The van der Waals surface area contributed by atoms with Gasteiger partial charge in [-0.25, -0.2) is 0 Å². The number of rotatable bonds is 6. The van der Waals surface area contributed by atoms with Crippen LogP contribution in [0.3, 0.4) is 0 Å².